The first-order valence-electron chi connectivity index (χ1n) is 8.68. The van der Waals surface area contributed by atoms with Gasteiger partial charge in [-0.05, 0) is 44.6 Å². The summed E-state index contributed by atoms with van der Waals surface area (Å²) in [5, 5.41) is 6.76. The van der Waals surface area contributed by atoms with Gasteiger partial charge in [-0.1, -0.05) is 19.9 Å². The van der Waals surface area contributed by atoms with E-state index in [1.54, 1.807) is 13.2 Å². The minimum Gasteiger partial charge on any atom is -0.474 e. The van der Waals surface area contributed by atoms with Crippen LogP contribution in [0.2, 0.25) is 0 Å². The van der Waals surface area contributed by atoms with Crippen LogP contribution in [0.3, 0.4) is 0 Å². The summed E-state index contributed by atoms with van der Waals surface area (Å²) in [7, 11) is 1.79. The van der Waals surface area contributed by atoms with Crippen LogP contribution in [0.4, 0.5) is 0 Å². The number of hydrogen-bond donors (Lipinski definition) is 2. The molecule has 0 saturated heterocycles. The Hall–Kier alpha value is -1.78. The highest BCUT2D eigenvalue weighted by atomic mass is 16.5. The highest BCUT2D eigenvalue weighted by Gasteiger charge is 2.18. The smallest absolute Gasteiger partial charge is 0.218 e. The summed E-state index contributed by atoms with van der Waals surface area (Å²) >= 11 is 0. The van der Waals surface area contributed by atoms with Crippen LogP contribution in [0.25, 0.3) is 0 Å². The van der Waals surface area contributed by atoms with E-state index in [9.17, 15) is 0 Å². The molecule has 1 saturated carbocycles. The summed E-state index contributed by atoms with van der Waals surface area (Å²) in [6, 6.07) is 4.37. The second-order valence-corrected chi connectivity index (χ2v) is 6.59. The first-order valence-corrected chi connectivity index (χ1v) is 8.68. The van der Waals surface area contributed by atoms with E-state index in [2.05, 4.69) is 47.4 Å². The van der Waals surface area contributed by atoms with Gasteiger partial charge >= 0.3 is 0 Å². The maximum Gasteiger partial charge on any atom is 0.218 e. The number of guanidine groups is 1. The number of rotatable bonds is 6. The second-order valence-electron chi connectivity index (χ2n) is 6.59. The van der Waals surface area contributed by atoms with Crippen LogP contribution < -0.4 is 15.4 Å². The summed E-state index contributed by atoms with van der Waals surface area (Å²) in [4.78, 5) is 8.70. The fourth-order valence-corrected chi connectivity index (χ4v) is 2.58. The van der Waals surface area contributed by atoms with Crippen LogP contribution in [0.5, 0.6) is 5.88 Å². The zero-order valence-electron chi connectivity index (χ0n) is 14.8. The molecule has 1 atom stereocenters. The van der Waals surface area contributed by atoms with Crippen molar-refractivity contribution in [2.75, 3.05) is 7.05 Å². The standard InChI is InChI=1S/C18H30N4O/c1-13(2)14(3)22-18(19-4)21-12-15-8-7-11-20-17(15)23-16-9-5-6-10-16/h7-8,11,13-14,16H,5-6,9-10,12H2,1-4H3,(H2,19,21,22). The van der Waals surface area contributed by atoms with Gasteiger partial charge in [0.25, 0.3) is 0 Å². The molecule has 0 spiro atoms. The van der Waals surface area contributed by atoms with Gasteiger partial charge in [-0.2, -0.15) is 0 Å². The summed E-state index contributed by atoms with van der Waals surface area (Å²) in [5.41, 5.74) is 1.07. The molecule has 0 bridgehead atoms. The van der Waals surface area contributed by atoms with Gasteiger partial charge in [0.05, 0.1) is 0 Å². The third-order valence-corrected chi connectivity index (χ3v) is 4.46. The average molecular weight is 318 g/mol. The van der Waals surface area contributed by atoms with Gasteiger partial charge in [-0.3, -0.25) is 4.99 Å². The molecule has 1 aliphatic rings. The number of aromatic nitrogens is 1. The van der Waals surface area contributed by atoms with Crippen molar-refractivity contribution in [2.24, 2.45) is 10.9 Å². The molecule has 1 aromatic rings. The van der Waals surface area contributed by atoms with E-state index >= 15 is 0 Å². The van der Waals surface area contributed by atoms with Gasteiger partial charge in [0.2, 0.25) is 5.88 Å². The van der Waals surface area contributed by atoms with Crippen molar-refractivity contribution in [1.82, 2.24) is 15.6 Å². The number of hydrogen-bond acceptors (Lipinski definition) is 3. The second kappa shape index (κ2) is 8.75. The van der Waals surface area contributed by atoms with E-state index in [4.69, 9.17) is 4.74 Å². The Kier molecular flexibility index (Phi) is 6.68. The van der Waals surface area contributed by atoms with Crippen LogP contribution in [0.15, 0.2) is 23.3 Å². The Morgan fingerprint density at radius 2 is 2.09 bits per heavy atom. The van der Waals surface area contributed by atoms with E-state index in [0.29, 0.717) is 24.6 Å². The third kappa shape index (κ3) is 5.41. The molecule has 2 N–H and O–H groups in total. The van der Waals surface area contributed by atoms with Gasteiger partial charge in [0, 0.05) is 31.4 Å². The maximum atomic E-state index is 6.08. The van der Waals surface area contributed by atoms with Crippen LogP contribution >= 0.6 is 0 Å². The van der Waals surface area contributed by atoms with E-state index in [1.165, 1.54) is 12.8 Å². The van der Waals surface area contributed by atoms with E-state index in [-0.39, 0.29) is 0 Å². The van der Waals surface area contributed by atoms with Crippen molar-refractivity contribution in [1.29, 1.82) is 0 Å². The van der Waals surface area contributed by atoms with Crippen LogP contribution in [-0.2, 0) is 6.54 Å². The molecule has 0 amide bonds. The van der Waals surface area contributed by atoms with Crippen LogP contribution in [0, 0.1) is 5.92 Å². The van der Waals surface area contributed by atoms with Crippen molar-refractivity contribution in [3.8, 4) is 5.88 Å². The van der Waals surface area contributed by atoms with Gasteiger partial charge in [-0.25, -0.2) is 4.98 Å². The molecule has 1 aromatic heterocycles. The minimum absolute atomic E-state index is 0.321. The molecule has 1 heterocycles. The van der Waals surface area contributed by atoms with E-state index in [1.807, 2.05) is 6.07 Å². The molecular formula is C18H30N4O. The molecule has 1 unspecified atom stereocenters. The lowest BCUT2D eigenvalue weighted by atomic mass is 10.1. The number of nitrogens with zero attached hydrogens (tertiary/aromatic N) is 2. The van der Waals surface area contributed by atoms with Crippen molar-refractivity contribution >= 4 is 5.96 Å². The number of ether oxygens (including phenoxy) is 1. The lowest BCUT2D eigenvalue weighted by Gasteiger charge is -2.21. The molecule has 2 rings (SSSR count). The van der Waals surface area contributed by atoms with Gasteiger partial charge in [0.1, 0.15) is 6.10 Å². The Morgan fingerprint density at radius 3 is 2.74 bits per heavy atom. The van der Waals surface area contributed by atoms with Gasteiger partial charge < -0.3 is 15.4 Å². The van der Waals surface area contributed by atoms with Crippen molar-refractivity contribution in [2.45, 2.75) is 65.1 Å². The summed E-state index contributed by atoms with van der Waals surface area (Å²) < 4.78 is 6.08. The summed E-state index contributed by atoms with van der Waals surface area (Å²) in [5.74, 6) is 2.11. The van der Waals surface area contributed by atoms with Gasteiger partial charge in [-0.15, -0.1) is 0 Å². The molecule has 5 nitrogen and oxygen atoms in total. The molecule has 23 heavy (non-hydrogen) atoms. The lowest BCUT2D eigenvalue weighted by molar-refractivity contribution is 0.199. The Morgan fingerprint density at radius 1 is 1.35 bits per heavy atom. The third-order valence-electron chi connectivity index (χ3n) is 4.46. The average Bonchev–Trinajstić information content (AvgIpc) is 3.05. The predicted molar refractivity (Wildman–Crippen MR) is 94.8 cm³/mol. The monoisotopic (exact) mass is 318 g/mol. The minimum atomic E-state index is 0.321. The quantitative estimate of drug-likeness (QED) is 0.625. The normalized spacial score (nSPS) is 17.3. The summed E-state index contributed by atoms with van der Waals surface area (Å²) in [6.45, 7) is 7.20. The zero-order valence-corrected chi connectivity index (χ0v) is 14.8. The van der Waals surface area contributed by atoms with Gasteiger partial charge in [0.15, 0.2) is 5.96 Å². The SMILES string of the molecule is CN=C(NCc1cccnc1OC1CCCC1)NC(C)C(C)C. The van der Waals surface area contributed by atoms with Crippen LogP contribution in [0.1, 0.15) is 52.0 Å². The first kappa shape index (κ1) is 17.6. The molecule has 5 heteroatoms. The number of aliphatic imine (C=N–C) groups is 1. The molecular weight excluding hydrogens is 288 g/mol. The first-order chi connectivity index (χ1) is 11.1. The van der Waals surface area contributed by atoms with E-state index in [0.717, 1.165) is 30.2 Å². The summed E-state index contributed by atoms with van der Waals surface area (Å²) in [6.07, 6.45) is 6.91. The van der Waals surface area contributed by atoms with Crippen LogP contribution in [-0.4, -0.2) is 30.1 Å². The van der Waals surface area contributed by atoms with Crippen molar-refractivity contribution in [3.05, 3.63) is 23.9 Å². The Bertz CT molecular complexity index is 509. The number of nitrogens with one attached hydrogen (secondary N) is 2. The molecule has 1 fully saturated rings. The topological polar surface area (TPSA) is 58.5 Å². The maximum absolute atomic E-state index is 6.08. The number of pyridine rings is 1. The Labute approximate surface area is 139 Å². The van der Waals surface area contributed by atoms with E-state index < -0.39 is 0 Å². The van der Waals surface area contributed by atoms with Crippen molar-refractivity contribution in [3.63, 3.8) is 0 Å². The highest BCUT2D eigenvalue weighted by Crippen LogP contribution is 2.24. The molecule has 128 valence electrons. The predicted octanol–water partition coefficient (Wildman–Crippen LogP) is 3.11. The highest BCUT2D eigenvalue weighted by molar-refractivity contribution is 5.79. The fraction of sp³-hybridized carbons (Fsp3) is 0.667. The lowest BCUT2D eigenvalue weighted by Crippen LogP contribution is -2.43. The zero-order chi connectivity index (χ0) is 16.7. The largest absolute Gasteiger partial charge is 0.474 e. The molecule has 0 aliphatic heterocycles. The Balaban J connectivity index is 1.93. The molecule has 0 radical (unpaired) electrons. The fourth-order valence-electron chi connectivity index (χ4n) is 2.58. The molecule has 0 aromatic carbocycles. The van der Waals surface area contributed by atoms with Crippen molar-refractivity contribution < 1.29 is 4.74 Å². The molecule has 1 aliphatic carbocycles.